The van der Waals surface area contributed by atoms with E-state index in [1.807, 2.05) is 48.7 Å². The van der Waals surface area contributed by atoms with E-state index in [4.69, 9.17) is 9.72 Å². The first-order valence-corrected chi connectivity index (χ1v) is 16.5. The van der Waals surface area contributed by atoms with E-state index in [1.165, 1.54) is 44.1 Å². The molecule has 0 fully saturated rings. The molecule has 4 heterocycles. The summed E-state index contributed by atoms with van der Waals surface area (Å²) in [5.41, 5.74) is 12.3. The number of aryl methyl sites for hydroxylation is 4. The third-order valence-electron chi connectivity index (χ3n) is 9.84. The first-order valence-electron chi connectivity index (χ1n) is 16.5. The van der Waals surface area contributed by atoms with Crippen LogP contribution in [0.15, 0.2) is 122 Å². The number of ether oxygens (including phenoxy) is 1. The Labute approximate surface area is 305 Å². The standard InChI is InChI=1S/C44H32N4O.Pt/c1-27-15-18-37-38-19-16-28(2)30(4)44(38)47(43(37)29(27)3)32-21-23-46-42(25-32)48-40-14-6-5-12-35(40)36-20-17-34(26-41(36)48)49-33-11-9-10-31(24-33)39-13-7-8-22-45-39;/h5-23,25H,1-4H3;/q-2;+2. The van der Waals surface area contributed by atoms with Crippen molar-refractivity contribution in [2.24, 2.45) is 0 Å². The summed E-state index contributed by atoms with van der Waals surface area (Å²) >= 11 is 0. The number of benzene rings is 5. The number of aromatic nitrogens is 4. The van der Waals surface area contributed by atoms with Crippen LogP contribution < -0.4 is 4.74 Å². The number of para-hydroxylation sites is 1. The van der Waals surface area contributed by atoms with E-state index >= 15 is 0 Å². The molecule has 0 spiro atoms. The van der Waals surface area contributed by atoms with E-state index in [1.54, 1.807) is 6.20 Å². The molecule has 5 aromatic carbocycles. The number of pyridine rings is 2. The van der Waals surface area contributed by atoms with Crippen molar-refractivity contribution >= 4 is 43.6 Å². The minimum atomic E-state index is 0. The second kappa shape index (κ2) is 12.4. The molecule has 50 heavy (non-hydrogen) atoms. The molecule has 0 bridgehead atoms. The van der Waals surface area contributed by atoms with E-state index in [0.29, 0.717) is 11.5 Å². The van der Waals surface area contributed by atoms with Gasteiger partial charge in [0.15, 0.2) is 0 Å². The molecule has 5 nitrogen and oxygen atoms in total. The van der Waals surface area contributed by atoms with E-state index in [0.717, 1.165) is 44.6 Å². The minimum absolute atomic E-state index is 0. The molecule has 0 aliphatic heterocycles. The number of hydrogen-bond donors (Lipinski definition) is 0. The molecule has 0 amide bonds. The van der Waals surface area contributed by atoms with E-state index in [-0.39, 0.29) is 21.1 Å². The second-order valence-electron chi connectivity index (χ2n) is 12.7. The topological polar surface area (TPSA) is 44.9 Å². The van der Waals surface area contributed by atoms with Gasteiger partial charge in [0.2, 0.25) is 0 Å². The molecule has 6 heteroatoms. The Morgan fingerprint density at radius 3 is 2.00 bits per heavy atom. The molecule has 0 atom stereocenters. The van der Waals surface area contributed by atoms with Crippen LogP contribution in [0.1, 0.15) is 22.3 Å². The second-order valence-corrected chi connectivity index (χ2v) is 12.7. The van der Waals surface area contributed by atoms with Gasteiger partial charge in [-0.05, 0) is 79.2 Å². The Bertz CT molecular complexity index is 2680. The van der Waals surface area contributed by atoms with Crippen molar-refractivity contribution in [1.29, 1.82) is 0 Å². The van der Waals surface area contributed by atoms with Crippen molar-refractivity contribution in [2.75, 3.05) is 0 Å². The molecule has 4 aromatic heterocycles. The fourth-order valence-corrected chi connectivity index (χ4v) is 7.12. The molecule has 0 saturated heterocycles. The summed E-state index contributed by atoms with van der Waals surface area (Å²) in [5.74, 6) is 2.01. The van der Waals surface area contributed by atoms with Gasteiger partial charge >= 0.3 is 21.1 Å². The number of nitrogens with zero attached hydrogens (tertiary/aromatic N) is 4. The Morgan fingerprint density at radius 1 is 0.560 bits per heavy atom. The van der Waals surface area contributed by atoms with Gasteiger partial charge in [0.1, 0.15) is 5.82 Å². The van der Waals surface area contributed by atoms with Crippen LogP contribution in [0.25, 0.3) is 66.4 Å². The van der Waals surface area contributed by atoms with Crippen LogP contribution in [0, 0.1) is 39.8 Å². The molecule has 0 radical (unpaired) electrons. The maximum atomic E-state index is 6.39. The Hall–Kier alpha value is -5.51. The zero-order chi connectivity index (χ0) is 33.2. The van der Waals surface area contributed by atoms with Gasteiger partial charge in [-0.3, -0.25) is 0 Å². The van der Waals surface area contributed by atoms with Crippen molar-refractivity contribution in [1.82, 2.24) is 19.1 Å². The molecule has 9 aromatic rings. The molecule has 244 valence electrons. The van der Waals surface area contributed by atoms with Crippen molar-refractivity contribution in [3.63, 3.8) is 0 Å². The Morgan fingerprint density at radius 2 is 1.26 bits per heavy atom. The fourth-order valence-electron chi connectivity index (χ4n) is 7.12. The van der Waals surface area contributed by atoms with Gasteiger partial charge in [-0.15, -0.1) is 41.3 Å². The Kier molecular flexibility index (Phi) is 7.89. The third kappa shape index (κ3) is 5.04. The molecule has 0 unspecified atom stereocenters. The quantitative estimate of drug-likeness (QED) is 0.162. The first kappa shape index (κ1) is 31.7. The average molecular weight is 828 g/mol. The van der Waals surface area contributed by atoms with Gasteiger partial charge in [0.05, 0.1) is 16.7 Å². The summed E-state index contributed by atoms with van der Waals surface area (Å²) in [6, 6.07) is 44.5. The van der Waals surface area contributed by atoms with Crippen LogP contribution in [0.4, 0.5) is 0 Å². The molecule has 0 saturated carbocycles. The van der Waals surface area contributed by atoms with Gasteiger partial charge in [-0.2, -0.15) is 6.07 Å². The van der Waals surface area contributed by atoms with Crippen LogP contribution in [0.5, 0.6) is 11.5 Å². The fraction of sp³-hybridized carbons (Fsp3) is 0.0909. The molecule has 9 rings (SSSR count). The maximum absolute atomic E-state index is 6.39. The summed E-state index contributed by atoms with van der Waals surface area (Å²) in [6.45, 7) is 8.83. The molecule has 0 N–H and O–H groups in total. The summed E-state index contributed by atoms with van der Waals surface area (Å²) < 4.78 is 11.0. The summed E-state index contributed by atoms with van der Waals surface area (Å²) in [7, 11) is 0. The zero-order valence-electron chi connectivity index (χ0n) is 28.1. The van der Waals surface area contributed by atoms with Crippen LogP contribution >= 0.6 is 0 Å². The van der Waals surface area contributed by atoms with Gasteiger partial charge < -0.3 is 18.9 Å². The van der Waals surface area contributed by atoms with Crippen LogP contribution in [0.2, 0.25) is 0 Å². The summed E-state index contributed by atoms with van der Waals surface area (Å²) in [6.07, 6.45) is 3.70. The molecular formula is C44H32N4OPt. The van der Waals surface area contributed by atoms with Gasteiger partial charge in [0.25, 0.3) is 0 Å². The molecular weight excluding hydrogens is 796 g/mol. The normalized spacial score (nSPS) is 11.4. The number of rotatable bonds is 5. The van der Waals surface area contributed by atoms with Gasteiger partial charge in [-0.1, -0.05) is 66.2 Å². The summed E-state index contributed by atoms with van der Waals surface area (Å²) in [4.78, 5) is 9.44. The van der Waals surface area contributed by atoms with E-state index < -0.39 is 0 Å². The smallest absolute Gasteiger partial charge is 0.503 e. The van der Waals surface area contributed by atoms with Gasteiger partial charge in [-0.25, -0.2) is 4.98 Å². The SMILES string of the molecule is Cc1ccc2c3ccc(C)c(C)c3n(-c3ccnc(-n4c5[c-]c(Oc6[c-]c(-c7ccccn7)ccc6)ccc5c5ccccc54)c3)c2c1C.[Pt+2]. The van der Waals surface area contributed by atoms with Crippen LogP contribution in [-0.4, -0.2) is 19.1 Å². The van der Waals surface area contributed by atoms with Crippen molar-refractivity contribution in [3.05, 3.63) is 156 Å². The monoisotopic (exact) mass is 827 g/mol. The maximum Gasteiger partial charge on any atom is 2.00 e. The van der Waals surface area contributed by atoms with Crippen molar-refractivity contribution in [3.8, 4) is 34.3 Å². The predicted molar refractivity (Wildman–Crippen MR) is 199 cm³/mol. The van der Waals surface area contributed by atoms with E-state index in [2.05, 4.69) is 121 Å². The Balaban J connectivity index is 0.00000361. The van der Waals surface area contributed by atoms with Gasteiger partial charge in [0, 0.05) is 46.2 Å². The summed E-state index contributed by atoms with van der Waals surface area (Å²) in [5, 5.41) is 4.73. The molecule has 0 aliphatic carbocycles. The zero-order valence-corrected chi connectivity index (χ0v) is 30.3. The number of hydrogen-bond acceptors (Lipinski definition) is 3. The minimum Gasteiger partial charge on any atom is -0.503 e. The van der Waals surface area contributed by atoms with Crippen molar-refractivity contribution < 1.29 is 25.8 Å². The number of fused-ring (bicyclic) bond motifs is 6. The molecule has 0 aliphatic rings. The van der Waals surface area contributed by atoms with Crippen LogP contribution in [0.3, 0.4) is 0 Å². The van der Waals surface area contributed by atoms with Crippen LogP contribution in [-0.2, 0) is 21.1 Å². The van der Waals surface area contributed by atoms with E-state index in [9.17, 15) is 0 Å². The largest absolute Gasteiger partial charge is 2.00 e. The average Bonchev–Trinajstić information content (AvgIpc) is 3.65. The van der Waals surface area contributed by atoms with Crippen molar-refractivity contribution in [2.45, 2.75) is 27.7 Å². The first-order chi connectivity index (χ1) is 24.0. The predicted octanol–water partition coefficient (Wildman–Crippen LogP) is 11.0. The third-order valence-corrected chi connectivity index (χ3v) is 9.84.